The molecule has 0 aromatic heterocycles. The van der Waals surface area contributed by atoms with E-state index in [-0.39, 0.29) is 50.2 Å². The Morgan fingerprint density at radius 2 is 1.63 bits per heavy atom. The van der Waals surface area contributed by atoms with Gasteiger partial charge in [0.2, 0.25) is 5.91 Å². The lowest BCUT2D eigenvalue weighted by Crippen LogP contribution is -2.48. The average molecular weight is 410 g/mol. The van der Waals surface area contributed by atoms with Gasteiger partial charge in [-0.1, -0.05) is 55.5 Å². The molecular formula is C23H26N2O5. The number of amides is 2. The van der Waals surface area contributed by atoms with Gasteiger partial charge in [0.15, 0.2) is 5.78 Å². The monoisotopic (exact) mass is 410 g/mol. The Kier molecular flexibility index (Phi) is 7.19. The number of carbonyl (C=O) groups excluding carboxylic acids is 3. The highest BCUT2D eigenvalue weighted by molar-refractivity contribution is 5.89. The van der Waals surface area contributed by atoms with Gasteiger partial charge in [-0.25, -0.2) is 4.79 Å². The second-order valence-electron chi connectivity index (χ2n) is 7.12. The molecule has 2 aromatic carbocycles. The van der Waals surface area contributed by atoms with Crippen LogP contribution in [-0.4, -0.2) is 48.7 Å². The Morgan fingerprint density at radius 1 is 1.03 bits per heavy atom. The summed E-state index contributed by atoms with van der Waals surface area (Å²) in [5.41, 5.74) is 4.49. The quantitative estimate of drug-likeness (QED) is 0.589. The van der Waals surface area contributed by atoms with E-state index >= 15 is 0 Å². The van der Waals surface area contributed by atoms with Crippen molar-refractivity contribution in [3.05, 3.63) is 59.7 Å². The molecule has 2 amide bonds. The predicted molar refractivity (Wildman–Crippen MR) is 112 cm³/mol. The third kappa shape index (κ3) is 4.86. The molecule has 158 valence electrons. The summed E-state index contributed by atoms with van der Waals surface area (Å²) in [6.45, 7) is 1.42. The lowest BCUT2D eigenvalue weighted by molar-refractivity contribution is -0.127. The van der Waals surface area contributed by atoms with Gasteiger partial charge in [-0.05, 0) is 22.3 Å². The van der Waals surface area contributed by atoms with E-state index in [1.54, 1.807) is 6.92 Å². The van der Waals surface area contributed by atoms with Crippen LogP contribution in [0.25, 0.3) is 11.1 Å². The summed E-state index contributed by atoms with van der Waals surface area (Å²) in [5, 5.41) is 14.1. The van der Waals surface area contributed by atoms with Crippen molar-refractivity contribution in [2.24, 2.45) is 0 Å². The van der Waals surface area contributed by atoms with E-state index in [2.05, 4.69) is 22.8 Å². The number of ketones is 1. The van der Waals surface area contributed by atoms with Crippen molar-refractivity contribution in [1.29, 1.82) is 0 Å². The topological polar surface area (TPSA) is 105 Å². The molecule has 0 saturated heterocycles. The number of rotatable bonds is 9. The lowest BCUT2D eigenvalue weighted by atomic mass is 9.98. The molecule has 3 N–H and O–H groups in total. The zero-order chi connectivity index (χ0) is 21.5. The van der Waals surface area contributed by atoms with Gasteiger partial charge in [-0.2, -0.15) is 0 Å². The molecule has 1 aliphatic rings. The summed E-state index contributed by atoms with van der Waals surface area (Å²) in [6, 6.07) is 15.2. The Balaban J connectivity index is 1.60. The van der Waals surface area contributed by atoms with Gasteiger partial charge in [0.1, 0.15) is 12.6 Å². The standard InChI is InChI=1S/C23H26N2O5/c1-2-22(28)25-20(21(27)11-12-26)13-24-23(29)30-14-19-17-9-5-3-7-15(17)16-8-4-6-10-18(16)19/h3-10,19-20,26H,2,11-14H2,1H3,(H,24,29)(H,25,28). The van der Waals surface area contributed by atoms with Crippen LogP contribution in [-0.2, 0) is 14.3 Å². The number of benzene rings is 2. The second kappa shape index (κ2) is 10.0. The van der Waals surface area contributed by atoms with Crippen LogP contribution >= 0.6 is 0 Å². The number of fused-ring (bicyclic) bond motifs is 3. The number of carbonyl (C=O) groups is 3. The molecule has 0 fully saturated rings. The van der Waals surface area contributed by atoms with Crippen molar-refractivity contribution in [1.82, 2.24) is 10.6 Å². The summed E-state index contributed by atoms with van der Waals surface area (Å²) in [5.74, 6) is -0.714. The van der Waals surface area contributed by atoms with Crippen LogP contribution in [0.4, 0.5) is 4.79 Å². The highest BCUT2D eigenvalue weighted by atomic mass is 16.5. The van der Waals surface area contributed by atoms with E-state index < -0.39 is 12.1 Å². The van der Waals surface area contributed by atoms with Crippen molar-refractivity contribution < 1.29 is 24.2 Å². The Bertz CT molecular complexity index is 882. The zero-order valence-corrected chi connectivity index (χ0v) is 16.9. The minimum atomic E-state index is -0.898. The van der Waals surface area contributed by atoms with Gasteiger partial charge >= 0.3 is 6.09 Å². The van der Waals surface area contributed by atoms with Crippen molar-refractivity contribution in [2.45, 2.75) is 31.7 Å². The highest BCUT2D eigenvalue weighted by Crippen LogP contribution is 2.44. The summed E-state index contributed by atoms with van der Waals surface area (Å²) in [4.78, 5) is 36.0. The maximum atomic E-state index is 12.3. The Labute approximate surface area is 175 Å². The minimum absolute atomic E-state index is 0.0604. The predicted octanol–water partition coefficient (Wildman–Crippen LogP) is 2.37. The molecule has 2 aromatic rings. The third-order valence-electron chi connectivity index (χ3n) is 5.20. The van der Waals surface area contributed by atoms with Crippen LogP contribution < -0.4 is 10.6 Å². The number of alkyl carbamates (subject to hydrolysis) is 1. The molecule has 30 heavy (non-hydrogen) atoms. The first kappa shape index (κ1) is 21.5. The smallest absolute Gasteiger partial charge is 0.407 e. The molecular weight excluding hydrogens is 384 g/mol. The summed E-state index contributed by atoms with van der Waals surface area (Å²) in [7, 11) is 0. The van der Waals surface area contributed by atoms with Crippen LogP contribution in [0.3, 0.4) is 0 Å². The highest BCUT2D eigenvalue weighted by Gasteiger charge is 2.29. The van der Waals surface area contributed by atoms with Crippen molar-refractivity contribution in [3.8, 4) is 11.1 Å². The van der Waals surface area contributed by atoms with E-state index in [1.165, 1.54) is 0 Å². The van der Waals surface area contributed by atoms with Crippen LogP contribution in [0.2, 0.25) is 0 Å². The Hall–Kier alpha value is -3.19. The summed E-state index contributed by atoms with van der Waals surface area (Å²) in [6.07, 6.45) is -0.543. The minimum Gasteiger partial charge on any atom is -0.449 e. The summed E-state index contributed by atoms with van der Waals surface area (Å²) < 4.78 is 5.44. The first-order valence-electron chi connectivity index (χ1n) is 10.1. The first-order valence-corrected chi connectivity index (χ1v) is 10.1. The number of hydrogen-bond acceptors (Lipinski definition) is 5. The van der Waals surface area contributed by atoms with Crippen molar-refractivity contribution in [2.75, 3.05) is 19.8 Å². The van der Waals surface area contributed by atoms with Crippen LogP contribution in [0.1, 0.15) is 36.8 Å². The van der Waals surface area contributed by atoms with E-state index in [1.807, 2.05) is 36.4 Å². The van der Waals surface area contributed by atoms with E-state index in [0.29, 0.717) is 0 Å². The van der Waals surface area contributed by atoms with Gasteiger partial charge < -0.3 is 20.5 Å². The Morgan fingerprint density at radius 3 is 2.20 bits per heavy atom. The average Bonchev–Trinajstić information content (AvgIpc) is 3.09. The lowest BCUT2D eigenvalue weighted by Gasteiger charge is -2.19. The van der Waals surface area contributed by atoms with Crippen molar-refractivity contribution >= 4 is 17.8 Å². The molecule has 0 radical (unpaired) electrons. The number of ether oxygens (including phenoxy) is 1. The van der Waals surface area contributed by atoms with Gasteiger partial charge in [0.05, 0.1) is 6.61 Å². The number of hydrogen-bond donors (Lipinski definition) is 3. The number of aliphatic hydroxyl groups is 1. The molecule has 0 bridgehead atoms. The molecule has 3 rings (SSSR count). The molecule has 0 aliphatic heterocycles. The first-order chi connectivity index (χ1) is 14.5. The normalized spacial score (nSPS) is 13.1. The fraction of sp³-hybridized carbons (Fsp3) is 0.348. The molecule has 0 spiro atoms. The molecule has 1 atom stereocenters. The molecule has 7 heteroatoms. The number of Topliss-reactive ketones (excluding diaryl/α,β-unsaturated/α-hetero) is 1. The van der Waals surface area contributed by atoms with Gasteiger partial charge in [0, 0.05) is 25.3 Å². The largest absolute Gasteiger partial charge is 0.449 e. The maximum Gasteiger partial charge on any atom is 0.407 e. The van der Waals surface area contributed by atoms with Crippen LogP contribution in [0, 0.1) is 0 Å². The van der Waals surface area contributed by atoms with Gasteiger partial charge in [0.25, 0.3) is 0 Å². The third-order valence-corrected chi connectivity index (χ3v) is 5.20. The van der Waals surface area contributed by atoms with Crippen LogP contribution in [0.5, 0.6) is 0 Å². The van der Waals surface area contributed by atoms with Crippen molar-refractivity contribution in [3.63, 3.8) is 0 Å². The van der Waals surface area contributed by atoms with Crippen LogP contribution in [0.15, 0.2) is 48.5 Å². The maximum absolute atomic E-state index is 12.3. The number of aliphatic hydroxyl groups excluding tert-OH is 1. The van der Waals surface area contributed by atoms with E-state index in [4.69, 9.17) is 9.84 Å². The fourth-order valence-corrected chi connectivity index (χ4v) is 3.66. The molecule has 0 saturated carbocycles. The zero-order valence-electron chi connectivity index (χ0n) is 16.9. The fourth-order valence-electron chi connectivity index (χ4n) is 3.66. The molecule has 7 nitrogen and oxygen atoms in total. The van der Waals surface area contributed by atoms with E-state index in [0.717, 1.165) is 22.3 Å². The summed E-state index contributed by atoms with van der Waals surface area (Å²) >= 11 is 0. The second-order valence-corrected chi connectivity index (χ2v) is 7.12. The number of nitrogens with one attached hydrogen (secondary N) is 2. The van der Waals surface area contributed by atoms with Gasteiger partial charge in [-0.3, -0.25) is 9.59 Å². The van der Waals surface area contributed by atoms with Gasteiger partial charge in [-0.15, -0.1) is 0 Å². The SMILES string of the molecule is CCC(=O)NC(CNC(=O)OCC1c2ccccc2-c2ccccc21)C(=O)CCO. The molecule has 1 unspecified atom stereocenters. The molecule has 1 aliphatic carbocycles. The molecule has 0 heterocycles. The van der Waals surface area contributed by atoms with E-state index in [9.17, 15) is 14.4 Å².